The quantitative estimate of drug-likeness (QED) is 0.824. The van der Waals surface area contributed by atoms with Gasteiger partial charge in [-0.1, -0.05) is 13.0 Å². The smallest absolute Gasteiger partial charge is 0.240 e. The largest absolute Gasteiger partial charge is 0.381 e. The van der Waals surface area contributed by atoms with Crippen LogP contribution in [0.2, 0.25) is 0 Å². The standard InChI is InChI=1S/C15H19N3O2S/c1-2-9-18-21(19,20)15-7-5-14(6-8-15)17-12-13-4-3-10-16-11-13/h3-8,10-11,17-18H,2,9,12H2,1H3. The minimum Gasteiger partial charge on any atom is -0.381 e. The second-order valence-electron chi connectivity index (χ2n) is 4.64. The van der Waals surface area contributed by atoms with Crippen LogP contribution in [0.3, 0.4) is 0 Å². The zero-order chi connectivity index (χ0) is 15.1. The summed E-state index contributed by atoms with van der Waals surface area (Å²) in [5.41, 5.74) is 1.94. The van der Waals surface area contributed by atoms with E-state index in [1.165, 1.54) is 0 Å². The molecule has 0 fully saturated rings. The second kappa shape index (κ2) is 7.19. The number of nitrogens with one attached hydrogen (secondary N) is 2. The van der Waals surface area contributed by atoms with Crippen molar-refractivity contribution >= 4 is 15.7 Å². The molecular formula is C15H19N3O2S. The van der Waals surface area contributed by atoms with Gasteiger partial charge in [-0.3, -0.25) is 4.98 Å². The second-order valence-corrected chi connectivity index (χ2v) is 6.40. The fourth-order valence-corrected chi connectivity index (χ4v) is 2.91. The van der Waals surface area contributed by atoms with E-state index >= 15 is 0 Å². The molecule has 0 aliphatic carbocycles. The lowest BCUT2D eigenvalue weighted by Gasteiger charge is -2.08. The number of pyridine rings is 1. The van der Waals surface area contributed by atoms with Gasteiger partial charge >= 0.3 is 0 Å². The predicted octanol–water partition coefficient (Wildman–Crippen LogP) is 2.38. The van der Waals surface area contributed by atoms with E-state index in [0.717, 1.165) is 17.7 Å². The van der Waals surface area contributed by atoms with Crippen molar-refractivity contribution in [3.8, 4) is 0 Å². The lowest BCUT2D eigenvalue weighted by Crippen LogP contribution is -2.24. The summed E-state index contributed by atoms with van der Waals surface area (Å²) in [5, 5.41) is 3.23. The van der Waals surface area contributed by atoms with Gasteiger partial charge in [0, 0.05) is 31.2 Å². The van der Waals surface area contributed by atoms with Crippen molar-refractivity contribution in [1.29, 1.82) is 0 Å². The molecule has 2 aromatic rings. The number of aromatic nitrogens is 1. The van der Waals surface area contributed by atoms with E-state index in [1.807, 2.05) is 19.1 Å². The van der Waals surface area contributed by atoms with Gasteiger partial charge in [-0.05, 0) is 42.3 Å². The molecule has 0 bridgehead atoms. The Morgan fingerprint density at radius 3 is 2.52 bits per heavy atom. The van der Waals surface area contributed by atoms with Crippen LogP contribution in [0.25, 0.3) is 0 Å². The van der Waals surface area contributed by atoms with Crippen molar-refractivity contribution in [2.45, 2.75) is 24.8 Å². The monoisotopic (exact) mass is 305 g/mol. The number of sulfonamides is 1. The molecule has 2 N–H and O–H groups in total. The molecule has 0 aliphatic heterocycles. The normalized spacial score (nSPS) is 11.3. The summed E-state index contributed by atoms with van der Waals surface area (Å²) in [7, 11) is -3.39. The third-order valence-electron chi connectivity index (χ3n) is 2.93. The molecular weight excluding hydrogens is 286 g/mol. The lowest BCUT2D eigenvalue weighted by molar-refractivity contribution is 0.581. The third kappa shape index (κ3) is 4.54. The van der Waals surface area contributed by atoms with Crippen molar-refractivity contribution in [3.63, 3.8) is 0 Å². The average molecular weight is 305 g/mol. The molecule has 0 amide bonds. The van der Waals surface area contributed by atoms with E-state index in [0.29, 0.717) is 13.1 Å². The van der Waals surface area contributed by atoms with Crippen molar-refractivity contribution in [3.05, 3.63) is 54.4 Å². The van der Waals surface area contributed by atoms with Gasteiger partial charge in [0.05, 0.1) is 4.90 Å². The molecule has 0 aliphatic rings. The van der Waals surface area contributed by atoms with Gasteiger partial charge < -0.3 is 5.32 Å². The number of nitrogens with zero attached hydrogens (tertiary/aromatic N) is 1. The van der Waals surface area contributed by atoms with Gasteiger partial charge in [0.1, 0.15) is 0 Å². The van der Waals surface area contributed by atoms with Crippen LogP contribution >= 0.6 is 0 Å². The van der Waals surface area contributed by atoms with E-state index < -0.39 is 10.0 Å². The van der Waals surface area contributed by atoms with Crippen molar-refractivity contribution in [1.82, 2.24) is 9.71 Å². The molecule has 21 heavy (non-hydrogen) atoms. The Morgan fingerprint density at radius 2 is 1.90 bits per heavy atom. The highest BCUT2D eigenvalue weighted by molar-refractivity contribution is 7.89. The van der Waals surface area contributed by atoms with Crippen LogP contribution in [0.5, 0.6) is 0 Å². The molecule has 6 heteroatoms. The van der Waals surface area contributed by atoms with E-state index in [2.05, 4.69) is 15.0 Å². The van der Waals surface area contributed by atoms with Gasteiger partial charge in [-0.15, -0.1) is 0 Å². The molecule has 0 unspecified atom stereocenters. The minimum absolute atomic E-state index is 0.280. The minimum atomic E-state index is -3.39. The fraction of sp³-hybridized carbons (Fsp3) is 0.267. The summed E-state index contributed by atoms with van der Waals surface area (Å²) in [6, 6.07) is 10.6. The molecule has 0 atom stereocenters. The first-order valence-electron chi connectivity index (χ1n) is 6.84. The SMILES string of the molecule is CCCNS(=O)(=O)c1ccc(NCc2cccnc2)cc1. The van der Waals surface area contributed by atoms with Crippen LogP contribution < -0.4 is 10.0 Å². The van der Waals surface area contributed by atoms with Crippen molar-refractivity contribution < 1.29 is 8.42 Å². The highest BCUT2D eigenvalue weighted by atomic mass is 32.2. The lowest BCUT2D eigenvalue weighted by atomic mass is 10.2. The van der Waals surface area contributed by atoms with E-state index in [9.17, 15) is 8.42 Å². The molecule has 1 aromatic heterocycles. The molecule has 0 saturated carbocycles. The van der Waals surface area contributed by atoms with E-state index in [1.54, 1.807) is 36.7 Å². The zero-order valence-corrected chi connectivity index (χ0v) is 12.7. The van der Waals surface area contributed by atoms with E-state index in [4.69, 9.17) is 0 Å². The van der Waals surface area contributed by atoms with Crippen molar-refractivity contribution in [2.24, 2.45) is 0 Å². The van der Waals surface area contributed by atoms with Crippen molar-refractivity contribution in [2.75, 3.05) is 11.9 Å². The van der Waals surface area contributed by atoms with Crippen LogP contribution in [0.15, 0.2) is 53.7 Å². The van der Waals surface area contributed by atoms with Crippen LogP contribution in [-0.2, 0) is 16.6 Å². The summed E-state index contributed by atoms with van der Waals surface area (Å²) in [6.45, 7) is 3.02. The Bertz CT molecular complexity index is 655. The third-order valence-corrected chi connectivity index (χ3v) is 4.40. The average Bonchev–Trinajstić information content (AvgIpc) is 2.52. The molecule has 2 rings (SSSR count). The number of hydrogen-bond acceptors (Lipinski definition) is 4. The first-order chi connectivity index (χ1) is 10.1. The Kier molecular flexibility index (Phi) is 5.30. The van der Waals surface area contributed by atoms with Gasteiger partial charge in [-0.25, -0.2) is 13.1 Å². The Balaban J connectivity index is 1.99. The fourth-order valence-electron chi connectivity index (χ4n) is 1.78. The first kappa shape index (κ1) is 15.5. The summed E-state index contributed by atoms with van der Waals surface area (Å²) in [6.07, 6.45) is 4.29. The predicted molar refractivity (Wildman–Crippen MR) is 83.5 cm³/mol. The zero-order valence-electron chi connectivity index (χ0n) is 11.9. The number of benzene rings is 1. The maximum Gasteiger partial charge on any atom is 0.240 e. The topological polar surface area (TPSA) is 71.1 Å². The molecule has 0 saturated heterocycles. The summed E-state index contributed by atoms with van der Waals surface area (Å²) in [5.74, 6) is 0. The molecule has 0 spiro atoms. The highest BCUT2D eigenvalue weighted by Crippen LogP contribution is 2.14. The van der Waals surface area contributed by atoms with Crippen LogP contribution in [0.1, 0.15) is 18.9 Å². The van der Waals surface area contributed by atoms with Gasteiger partial charge in [0.15, 0.2) is 0 Å². The Morgan fingerprint density at radius 1 is 1.14 bits per heavy atom. The first-order valence-corrected chi connectivity index (χ1v) is 8.32. The van der Waals surface area contributed by atoms with Gasteiger partial charge in [-0.2, -0.15) is 0 Å². The van der Waals surface area contributed by atoms with Crippen LogP contribution in [-0.4, -0.2) is 19.9 Å². The summed E-state index contributed by atoms with van der Waals surface area (Å²) >= 11 is 0. The maximum absolute atomic E-state index is 11.9. The number of hydrogen-bond donors (Lipinski definition) is 2. The molecule has 1 heterocycles. The molecule has 112 valence electrons. The summed E-state index contributed by atoms with van der Waals surface area (Å²) in [4.78, 5) is 4.32. The number of rotatable bonds is 7. The van der Waals surface area contributed by atoms with Gasteiger partial charge in [0.2, 0.25) is 10.0 Å². The van der Waals surface area contributed by atoms with Crippen LogP contribution in [0, 0.1) is 0 Å². The maximum atomic E-state index is 11.9. The molecule has 0 radical (unpaired) electrons. The van der Waals surface area contributed by atoms with Crippen LogP contribution in [0.4, 0.5) is 5.69 Å². The summed E-state index contributed by atoms with van der Waals surface area (Å²) < 4.78 is 26.4. The van der Waals surface area contributed by atoms with Gasteiger partial charge in [0.25, 0.3) is 0 Å². The Labute approximate surface area is 125 Å². The van der Waals surface area contributed by atoms with E-state index in [-0.39, 0.29) is 4.90 Å². The molecule has 1 aromatic carbocycles. The highest BCUT2D eigenvalue weighted by Gasteiger charge is 2.12. The number of anilines is 1. The Hall–Kier alpha value is -1.92. The molecule has 5 nitrogen and oxygen atoms in total.